The van der Waals surface area contributed by atoms with Crippen LogP contribution in [0.4, 0.5) is 17.2 Å². The van der Waals surface area contributed by atoms with Crippen molar-refractivity contribution in [3.8, 4) is 17.0 Å². The Balaban J connectivity index is 1.72. The number of para-hydroxylation sites is 1. The van der Waals surface area contributed by atoms with Gasteiger partial charge in [-0.1, -0.05) is 6.07 Å². The molecule has 2 aromatic heterocycles. The molecule has 3 aromatic rings. The maximum absolute atomic E-state index is 12.6. The third kappa shape index (κ3) is 4.32. The molecule has 0 radical (unpaired) electrons. The molecule has 1 aromatic carbocycles. The summed E-state index contributed by atoms with van der Waals surface area (Å²) < 4.78 is 32.8. The monoisotopic (exact) mass is 425 g/mol. The zero-order valence-corrected chi connectivity index (χ0v) is 16.9. The van der Waals surface area contributed by atoms with Gasteiger partial charge in [0.2, 0.25) is 5.91 Å². The van der Waals surface area contributed by atoms with E-state index in [4.69, 9.17) is 13.3 Å². The number of hydrogen-bond donors (Lipinski definition) is 3. The molecule has 0 unspecified atom stereocenters. The first-order valence-electron chi connectivity index (χ1n) is 11.0. The molecule has 160 valence electrons. The first kappa shape index (κ1) is 16.8. The lowest BCUT2D eigenvalue weighted by molar-refractivity contribution is -0.117. The van der Waals surface area contributed by atoms with E-state index in [2.05, 4.69) is 25.8 Å². The van der Waals surface area contributed by atoms with Gasteiger partial charge in [-0.3, -0.25) is 9.59 Å². The fourth-order valence-electron chi connectivity index (χ4n) is 3.04. The first-order chi connectivity index (χ1) is 16.1. The highest BCUT2D eigenvalue weighted by Gasteiger charge is 2.30. The number of carbonyl (C=O) groups excluding carboxylic acids is 2. The number of anilines is 3. The molecule has 10 nitrogen and oxygen atoms in total. The Morgan fingerprint density at radius 2 is 2.10 bits per heavy atom. The maximum atomic E-state index is 12.6. The van der Waals surface area contributed by atoms with Crippen LogP contribution in [0.5, 0.6) is 5.75 Å². The van der Waals surface area contributed by atoms with Crippen molar-refractivity contribution in [2.45, 2.75) is 19.8 Å². The van der Waals surface area contributed by atoms with Crippen LogP contribution in [-0.4, -0.2) is 41.1 Å². The molecular weight excluding hydrogens is 400 g/mol. The van der Waals surface area contributed by atoms with Gasteiger partial charge in [0, 0.05) is 35.6 Å². The van der Waals surface area contributed by atoms with Crippen molar-refractivity contribution < 1.29 is 22.9 Å². The highest BCUT2D eigenvalue weighted by atomic mass is 16.5. The average molecular weight is 425 g/mol. The highest BCUT2D eigenvalue weighted by Crippen LogP contribution is 2.38. The van der Waals surface area contributed by atoms with Gasteiger partial charge in [-0.05, 0) is 25.0 Å². The van der Waals surface area contributed by atoms with Crippen molar-refractivity contribution in [3.63, 3.8) is 0 Å². The molecule has 1 saturated carbocycles. The molecule has 0 atom stereocenters. The van der Waals surface area contributed by atoms with E-state index in [0.29, 0.717) is 28.6 Å². The van der Waals surface area contributed by atoms with Crippen molar-refractivity contribution in [2.24, 2.45) is 5.92 Å². The predicted molar refractivity (Wildman–Crippen MR) is 113 cm³/mol. The summed E-state index contributed by atoms with van der Waals surface area (Å²) in [5, 5.41) is 15.4. The average Bonchev–Trinajstić information content (AvgIpc) is 3.53. The topological polar surface area (TPSA) is 131 Å². The lowest BCUT2D eigenvalue weighted by Crippen LogP contribution is -2.22. The van der Waals surface area contributed by atoms with Crippen LogP contribution < -0.4 is 20.7 Å². The van der Waals surface area contributed by atoms with Gasteiger partial charge >= 0.3 is 0 Å². The molecule has 2 amide bonds. The van der Waals surface area contributed by atoms with Crippen molar-refractivity contribution in [3.05, 3.63) is 42.1 Å². The van der Waals surface area contributed by atoms with Crippen LogP contribution in [0.15, 0.2) is 34.9 Å². The molecule has 4 rings (SSSR count). The van der Waals surface area contributed by atoms with Gasteiger partial charge in [-0.15, -0.1) is 10.2 Å². The SMILES string of the molecule is [2H]C([2H])([2H])NC(=O)c1nnc(NC(=O)C2CC2)cc1Nc1cccc(-c2coc(C)n2)c1OC. The van der Waals surface area contributed by atoms with E-state index in [1.54, 1.807) is 25.1 Å². The largest absolute Gasteiger partial charge is 0.494 e. The van der Waals surface area contributed by atoms with Gasteiger partial charge in [0.15, 0.2) is 23.2 Å². The fraction of sp³-hybridized carbons (Fsp3) is 0.286. The van der Waals surface area contributed by atoms with Crippen LogP contribution in [0, 0.1) is 12.8 Å². The molecule has 1 aliphatic carbocycles. The summed E-state index contributed by atoms with van der Waals surface area (Å²) in [5.41, 5.74) is 1.46. The Hall–Kier alpha value is -3.95. The summed E-state index contributed by atoms with van der Waals surface area (Å²) in [4.78, 5) is 29.1. The van der Waals surface area contributed by atoms with Gasteiger partial charge in [-0.25, -0.2) is 4.98 Å². The molecule has 0 bridgehead atoms. The third-order valence-electron chi connectivity index (χ3n) is 4.71. The minimum Gasteiger partial charge on any atom is -0.494 e. The number of ether oxygens (including phenoxy) is 1. The second kappa shape index (κ2) is 8.42. The van der Waals surface area contributed by atoms with Crippen LogP contribution in [-0.2, 0) is 4.79 Å². The number of aryl methyl sites for hydroxylation is 1. The molecule has 2 heterocycles. The van der Waals surface area contributed by atoms with Crippen LogP contribution in [0.1, 0.15) is 33.3 Å². The summed E-state index contributed by atoms with van der Waals surface area (Å²) in [6.07, 6.45) is 3.09. The van der Waals surface area contributed by atoms with Gasteiger partial charge in [0.25, 0.3) is 5.91 Å². The number of aromatic nitrogens is 3. The van der Waals surface area contributed by atoms with Crippen LogP contribution in [0.3, 0.4) is 0 Å². The lowest BCUT2D eigenvalue weighted by Gasteiger charge is -2.16. The van der Waals surface area contributed by atoms with E-state index < -0.39 is 12.9 Å². The number of hydrogen-bond acceptors (Lipinski definition) is 8. The van der Waals surface area contributed by atoms with Gasteiger partial charge in [0.1, 0.15) is 12.0 Å². The van der Waals surface area contributed by atoms with E-state index in [1.165, 1.54) is 19.4 Å². The number of methoxy groups -OCH3 is 1. The van der Waals surface area contributed by atoms with Crippen molar-refractivity contribution in [1.82, 2.24) is 20.5 Å². The predicted octanol–water partition coefficient (Wildman–Crippen LogP) is 2.90. The minimum atomic E-state index is -2.72. The smallest absolute Gasteiger partial charge is 0.273 e. The number of nitrogens with one attached hydrogen (secondary N) is 3. The second-order valence-corrected chi connectivity index (χ2v) is 6.97. The van der Waals surface area contributed by atoms with Crippen LogP contribution >= 0.6 is 0 Å². The summed E-state index contributed by atoms with van der Waals surface area (Å²) in [6, 6.07) is 6.64. The summed E-state index contributed by atoms with van der Waals surface area (Å²) in [5.74, 6) is -0.225. The van der Waals surface area contributed by atoms with E-state index >= 15 is 0 Å². The Morgan fingerprint density at radius 3 is 2.77 bits per heavy atom. The number of rotatable bonds is 7. The first-order valence-corrected chi connectivity index (χ1v) is 9.52. The molecule has 1 aliphatic rings. The number of carbonyl (C=O) groups is 2. The van der Waals surface area contributed by atoms with Crippen LogP contribution in [0.2, 0.25) is 0 Å². The normalized spacial score (nSPS) is 14.7. The highest BCUT2D eigenvalue weighted by molar-refractivity contribution is 6.00. The van der Waals surface area contributed by atoms with E-state index in [0.717, 1.165) is 12.8 Å². The van der Waals surface area contributed by atoms with Crippen molar-refractivity contribution in [2.75, 3.05) is 24.7 Å². The zero-order valence-electron chi connectivity index (χ0n) is 19.9. The zero-order chi connectivity index (χ0) is 24.5. The standard InChI is InChI=1S/C21H22N6O4/c1-11-23-16(10-31-11)13-5-4-6-14(19(13)30-3)24-15-9-17(25-20(28)12-7-8-12)26-27-18(15)21(29)22-2/h4-6,9-10,12H,7-8H2,1-3H3,(H,22,29)(H2,24,25,26,28)/i2D3. The third-order valence-corrected chi connectivity index (χ3v) is 4.71. The number of benzene rings is 1. The van der Waals surface area contributed by atoms with Gasteiger partial charge in [-0.2, -0.15) is 0 Å². The maximum Gasteiger partial charge on any atom is 0.273 e. The molecule has 10 heteroatoms. The van der Waals surface area contributed by atoms with Crippen molar-refractivity contribution in [1.29, 1.82) is 0 Å². The Morgan fingerprint density at radius 1 is 1.26 bits per heavy atom. The number of oxazole rings is 1. The van der Waals surface area contributed by atoms with E-state index in [9.17, 15) is 9.59 Å². The molecule has 1 fully saturated rings. The molecular formula is C21H22N6O4. The number of amides is 2. The molecule has 0 saturated heterocycles. The second-order valence-electron chi connectivity index (χ2n) is 6.97. The van der Waals surface area contributed by atoms with Gasteiger partial charge in [0.05, 0.1) is 18.5 Å². The molecule has 3 N–H and O–H groups in total. The van der Waals surface area contributed by atoms with Crippen LogP contribution in [0.25, 0.3) is 11.3 Å². The molecule has 31 heavy (non-hydrogen) atoms. The Bertz CT molecular complexity index is 1240. The summed E-state index contributed by atoms with van der Waals surface area (Å²) >= 11 is 0. The lowest BCUT2D eigenvalue weighted by atomic mass is 10.1. The van der Waals surface area contributed by atoms with E-state index in [1.807, 2.05) is 5.32 Å². The quantitative estimate of drug-likeness (QED) is 0.527. The summed E-state index contributed by atoms with van der Waals surface area (Å²) in [7, 11) is 1.48. The molecule has 0 aliphatic heterocycles. The Labute approximate surface area is 182 Å². The number of nitrogens with zero attached hydrogens (tertiary/aromatic N) is 3. The fourth-order valence-corrected chi connectivity index (χ4v) is 3.04. The Kier molecular flexibility index (Phi) is 4.57. The van der Waals surface area contributed by atoms with Gasteiger partial charge < -0.3 is 25.1 Å². The molecule has 0 spiro atoms. The van der Waals surface area contributed by atoms with Crippen molar-refractivity contribution >= 4 is 29.0 Å². The van der Waals surface area contributed by atoms with E-state index in [-0.39, 0.29) is 29.0 Å². The minimum absolute atomic E-state index is 0.0700. The summed E-state index contributed by atoms with van der Waals surface area (Å²) in [6.45, 7) is -1.01.